The fourth-order valence-corrected chi connectivity index (χ4v) is 5.66. The van der Waals surface area contributed by atoms with Crippen molar-refractivity contribution in [2.24, 2.45) is 0 Å². The van der Waals surface area contributed by atoms with Gasteiger partial charge in [0.15, 0.2) is 0 Å². The summed E-state index contributed by atoms with van der Waals surface area (Å²) in [6.45, 7) is 3.61. The van der Waals surface area contributed by atoms with Crippen LogP contribution in [0.25, 0.3) is 10.9 Å². The van der Waals surface area contributed by atoms with Gasteiger partial charge >= 0.3 is 24.6 Å². The summed E-state index contributed by atoms with van der Waals surface area (Å²) < 4.78 is 77.4. The van der Waals surface area contributed by atoms with E-state index in [-0.39, 0.29) is 53.8 Å². The number of nitrogens with one attached hydrogen (secondary N) is 1. The smallest absolute Gasteiger partial charge is 0.383 e. The Bertz CT molecular complexity index is 1470. The molecule has 0 saturated heterocycles. The van der Waals surface area contributed by atoms with Crippen LogP contribution >= 0.6 is 0 Å². The fraction of sp³-hybridized carbons (Fsp3) is 0.519. The van der Waals surface area contributed by atoms with E-state index in [2.05, 4.69) is 40.0 Å². The minimum atomic E-state index is -4.63. The number of aromatic nitrogens is 4. The van der Waals surface area contributed by atoms with Gasteiger partial charge in [-0.1, -0.05) is 19.6 Å². The molecule has 0 aromatic carbocycles. The molecule has 45 heavy (non-hydrogen) atoms. The largest absolute Gasteiger partial charge is 0.417 e. The van der Waals surface area contributed by atoms with E-state index in [0.717, 1.165) is 23.1 Å². The Morgan fingerprint density at radius 2 is 1.89 bits per heavy atom. The number of pyridine rings is 2. The van der Waals surface area contributed by atoms with Crippen molar-refractivity contribution in [2.75, 3.05) is 17.7 Å². The number of fused-ring (bicyclic) bond motifs is 1. The zero-order valence-corrected chi connectivity index (χ0v) is 26.6. The van der Waals surface area contributed by atoms with E-state index < -0.39 is 56.9 Å². The number of alkyl halides is 5. The summed E-state index contributed by atoms with van der Waals surface area (Å²) in [6.07, 6.45) is -1.58. The number of carbonyl (C=O) groups is 2. The molecule has 18 heteroatoms. The standard InChI is InChI=1S/C27H34F5N7O4Si.Cu/c1-44(2,3)10-9-42-15-39-22-18(12-36-39)23(33)35-13-19(22)37-24(40)25(41)38(20-5-4-6-21(20)43-26(28)29)14-17-8-7-16(11-34-17)27(30,31)32;/h7-8,11-13,20-21,26H,4-6,9-10,14-15H2,1-3H3,(H2,33,35)(H,37,40);/t20-,21-;/m1./s1. The number of nitrogens with zero attached hydrogens (tertiary/aromatic N) is 5. The minimum Gasteiger partial charge on any atom is -0.383 e. The van der Waals surface area contributed by atoms with Crippen molar-refractivity contribution in [1.29, 1.82) is 0 Å². The molecule has 1 aliphatic rings. The van der Waals surface area contributed by atoms with Gasteiger partial charge in [0.05, 0.1) is 58.9 Å². The molecule has 251 valence electrons. The normalized spacial score (nSPS) is 17.0. The van der Waals surface area contributed by atoms with Gasteiger partial charge in [-0.05, 0) is 37.4 Å². The van der Waals surface area contributed by atoms with Gasteiger partial charge in [-0.2, -0.15) is 27.1 Å². The number of halogens is 5. The van der Waals surface area contributed by atoms with Gasteiger partial charge in [0.2, 0.25) is 0 Å². The number of rotatable bonds is 11. The second kappa shape index (κ2) is 14.9. The van der Waals surface area contributed by atoms with E-state index in [9.17, 15) is 31.5 Å². The Morgan fingerprint density at radius 3 is 2.51 bits per heavy atom. The van der Waals surface area contributed by atoms with E-state index >= 15 is 0 Å². The summed E-state index contributed by atoms with van der Waals surface area (Å²) in [5.41, 5.74) is 5.47. The molecule has 4 rings (SSSR count). The summed E-state index contributed by atoms with van der Waals surface area (Å²) in [4.78, 5) is 35.8. The number of nitrogens with two attached hydrogens (primary N) is 1. The van der Waals surface area contributed by atoms with Crippen LogP contribution in [0.3, 0.4) is 0 Å². The summed E-state index contributed by atoms with van der Waals surface area (Å²) >= 11 is 0. The molecule has 3 heterocycles. The van der Waals surface area contributed by atoms with Crippen molar-refractivity contribution in [3.8, 4) is 0 Å². The molecule has 3 aromatic rings. The van der Waals surface area contributed by atoms with Crippen molar-refractivity contribution in [3.63, 3.8) is 0 Å². The first kappa shape index (κ1) is 36.3. The van der Waals surface area contributed by atoms with Crippen LogP contribution in [0.1, 0.15) is 30.5 Å². The molecule has 0 unspecified atom stereocenters. The fourth-order valence-electron chi connectivity index (χ4n) is 4.90. The topological polar surface area (TPSA) is 137 Å². The van der Waals surface area contributed by atoms with Gasteiger partial charge in [-0.15, -0.1) is 0 Å². The van der Waals surface area contributed by atoms with E-state index in [4.69, 9.17) is 15.2 Å². The molecule has 1 radical (unpaired) electrons. The van der Waals surface area contributed by atoms with E-state index in [1.807, 2.05) is 0 Å². The summed E-state index contributed by atoms with van der Waals surface area (Å²) in [5.74, 6) is -2.13. The van der Waals surface area contributed by atoms with Crippen molar-refractivity contribution in [2.45, 2.75) is 83.2 Å². The SMILES string of the molecule is C[Si](C)(C)CCOCn1ncc2c(N)ncc(NC(=O)C(=O)N(Cc3ccc(C(F)(F)F)cn3)[C@@H]3CCC[C@H]3OC(F)F)c21.[Cu]. The number of amides is 2. The first-order valence-corrected chi connectivity index (χ1v) is 17.6. The van der Waals surface area contributed by atoms with E-state index in [1.54, 1.807) is 0 Å². The quantitative estimate of drug-likeness (QED) is 0.125. The number of ether oxygens (including phenoxy) is 2. The van der Waals surface area contributed by atoms with Crippen molar-refractivity contribution in [3.05, 3.63) is 42.0 Å². The van der Waals surface area contributed by atoms with Crippen molar-refractivity contribution < 1.29 is 58.1 Å². The predicted molar refractivity (Wildman–Crippen MR) is 153 cm³/mol. The maximum Gasteiger partial charge on any atom is 0.417 e. The van der Waals surface area contributed by atoms with Gasteiger partial charge in [-0.25, -0.2) is 9.67 Å². The van der Waals surface area contributed by atoms with Crippen LogP contribution in [0.15, 0.2) is 30.7 Å². The average Bonchev–Trinajstić information content (AvgIpc) is 3.57. The Kier molecular flexibility index (Phi) is 12.0. The van der Waals surface area contributed by atoms with Gasteiger partial charge in [0.1, 0.15) is 12.5 Å². The molecule has 0 bridgehead atoms. The molecule has 1 fully saturated rings. The third-order valence-corrected chi connectivity index (χ3v) is 8.90. The number of anilines is 2. The molecule has 11 nitrogen and oxygen atoms in total. The monoisotopic (exact) mass is 706 g/mol. The van der Waals surface area contributed by atoms with Gasteiger partial charge < -0.3 is 25.4 Å². The second-order valence-corrected chi connectivity index (χ2v) is 17.3. The van der Waals surface area contributed by atoms with Crippen LogP contribution < -0.4 is 11.1 Å². The van der Waals surface area contributed by atoms with Crippen molar-refractivity contribution >= 4 is 42.3 Å². The van der Waals surface area contributed by atoms with Gasteiger partial charge in [0, 0.05) is 37.9 Å². The first-order chi connectivity index (χ1) is 20.6. The number of hydrogen-bond acceptors (Lipinski definition) is 8. The van der Waals surface area contributed by atoms with Crippen LogP contribution in [-0.2, 0) is 55.6 Å². The molecular formula is C27H34CuF5N7O4Si. The number of hydrogen-bond donors (Lipinski definition) is 2. The summed E-state index contributed by atoms with van der Waals surface area (Å²) in [5, 5.41) is 7.19. The molecule has 3 N–H and O–H groups in total. The molecule has 1 aliphatic carbocycles. The summed E-state index contributed by atoms with van der Waals surface area (Å²) in [6, 6.07) is 1.81. The molecule has 1 saturated carbocycles. The molecule has 0 spiro atoms. The maximum absolute atomic E-state index is 13.6. The minimum absolute atomic E-state index is 0. The third-order valence-electron chi connectivity index (χ3n) is 7.20. The molecule has 2 atom stereocenters. The van der Waals surface area contributed by atoms with Crippen LogP contribution in [0.4, 0.5) is 33.5 Å². The zero-order valence-electron chi connectivity index (χ0n) is 24.7. The summed E-state index contributed by atoms with van der Waals surface area (Å²) in [7, 11) is -1.35. The van der Waals surface area contributed by atoms with Crippen LogP contribution in [-0.4, -0.2) is 69.9 Å². The Morgan fingerprint density at radius 1 is 1.16 bits per heavy atom. The number of nitrogen functional groups attached to an aromatic ring is 1. The van der Waals surface area contributed by atoms with E-state index in [0.29, 0.717) is 30.1 Å². The average molecular weight is 707 g/mol. The molecule has 2 amide bonds. The van der Waals surface area contributed by atoms with Gasteiger partial charge in [-0.3, -0.25) is 14.6 Å². The first-order valence-electron chi connectivity index (χ1n) is 13.9. The zero-order chi connectivity index (χ0) is 32.2. The Balaban J connectivity index is 0.00000552. The molecule has 0 aliphatic heterocycles. The van der Waals surface area contributed by atoms with Crippen LogP contribution in [0.5, 0.6) is 0 Å². The van der Waals surface area contributed by atoms with Crippen LogP contribution in [0.2, 0.25) is 25.7 Å². The van der Waals surface area contributed by atoms with Crippen molar-refractivity contribution in [1.82, 2.24) is 24.6 Å². The Labute approximate surface area is 267 Å². The maximum atomic E-state index is 13.6. The Hall–Kier alpha value is -3.18. The predicted octanol–water partition coefficient (Wildman–Crippen LogP) is 4.86. The third kappa shape index (κ3) is 9.42. The molecular weight excluding hydrogens is 673 g/mol. The number of carbonyl (C=O) groups excluding carboxylic acids is 2. The van der Waals surface area contributed by atoms with Crippen LogP contribution in [0, 0.1) is 0 Å². The van der Waals surface area contributed by atoms with Gasteiger partial charge in [0.25, 0.3) is 0 Å². The molecule has 3 aromatic heterocycles. The second-order valence-electron chi connectivity index (χ2n) is 11.7. The van der Waals surface area contributed by atoms with E-state index in [1.165, 1.54) is 17.1 Å².